The minimum absolute atomic E-state index is 0.00742. The molecule has 12 heteroatoms. The first-order valence-electron chi connectivity index (χ1n) is 9.71. The molecule has 1 fully saturated rings. The molecule has 0 spiro atoms. The number of hydrogen-bond donors (Lipinski definition) is 2. The van der Waals surface area contributed by atoms with Crippen molar-refractivity contribution in [1.29, 1.82) is 0 Å². The smallest absolute Gasteiger partial charge is 0.266 e. The van der Waals surface area contributed by atoms with Crippen LogP contribution in [-0.4, -0.2) is 37.5 Å². The van der Waals surface area contributed by atoms with Crippen LogP contribution in [0.2, 0.25) is 0 Å². The third-order valence-electron chi connectivity index (χ3n) is 5.24. The Labute approximate surface area is 186 Å². The van der Waals surface area contributed by atoms with E-state index in [1.165, 1.54) is 12.1 Å². The molecule has 7 nitrogen and oxygen atoms in total. The third-order valence-corrected chi connectivity index (χ3v) is 7.30. The number of ether oxygens (including phenoxy) is 1. The molecule has 3 aromatic rings. The standard InChI is InChI=1S/C20H19F3N4O3S2/c21-14-3-1-12(2-4-14)15-9-24-6-5-13(15)10-30-18-7-17(23)19(8-16(18)22)32(28,29)27-20-25-11-26-31-20/h1-4,7-8,11,13,15,24H,5-6,9-10H2,(H,25,26,27)/t13-,15-/m1/s1. The molecule has 0 unspecified atom stereocenters. The summed E-state index contributed by atoms with van der Waals surface area (Å²) in [6.45, 7) is 1.47. The van der Waals surface area contributed by atoms with Crippen LogP contribution in [0.15, 0.2) is 47.6 Å². The van der Waals surface area contributed by atoms with Gasteiger partial charge < -0.3 is 10.1 Å². The first-order valence-corrected chi connectivity index (χ1v) is 12.0. The highest BCUT2D eigenvalue weighted by Crippen LogP contribution is 2.32. The van der Waals surface area contributed by atoms with Gasteiger partial charge in [0, 0.05) is 42.0 Å². The van der Waals surface area contributed by atoms with E-state index in [0.717, 1.165) is 42.5 Å². The molecule has 170 valence electrons. The number of sulfonamides is 1. The lowest BCUT2D eigenvalue weighted by atomic mass is 9.82. The number of halogens is 3. The lowest BCUT2D eigenvalue weighted by Gasteiger charge is -2.32. The molecule has 2 N–H and O–H groups in total. The zero-order chi connectivity index (χ0) is 22.7. The van der Waals surface area contributed by atoms with Crippen molar-refractivity contribution in [3.63, 3.8) is 0 Å². The summed E-state index contributed by atoms with van der Waals surface area (Å²) in [5.41, 5.74) is 0.919. The molecule has 4 rings (SSSR count). The van der Waals surface area contributed by atoms with E-state index in [9.17, 15) is 21.6 Å². The molecule has 1 aliphatic rings. The highest BCUT2D eigenvalue weighted by Gasteiger charge is 2.28. The van der Waals surface area contributed by atoms with Gasteiger partial charge in [-0.15, -0.1) is 0 Å². The molecule has 1 aromatic heterocycles. The monoisotopic (exact) mass is 484 g/mol. The van der Waals surface area contributed by atoms with Crippen LogP contribution < -0.4 is 14.8 Å². The van der Waals surface area contributed by atoms with Gasteiger partial charge >= 0.3 is 0 Å². The minimum atomic E-state index is -4.39. The fourth-order valence-electron chi connectivity index (χ4n) is 3.62. The maximum absolute atomic E-state index is 14.6. The van der Waals surface area contributed by atoms with Gasteiger partial charge in [0.2, 0.25) is 5.13 Å². The number of rotatable bonds is 7. The highest BCUT2D eigenvalue weighted by atomic mass is 32.2. The number of piperidine rings is 1. The molecule has 0 radical (unpaired) electrons. The van der Waals surface area contributed by atoms with E-state index in [1.807, 2.05) is 4.72 Å². The summed E-state index contributed by atoms with van der Waals surface area (Å²) in [7, 11) is -4.39. The van der Waals surface area contributed by atoms with Crippen LogP contribution in [0.1, 0.15) is 17.9 Å². The van der Waals surface area contributed by atoms with Crippen LogP contribution in [0.4, 0.5) is 18.3 Å². The molecule has 0 bridgehead atoms. The zero-order valence-corrected chi connectivity index (χ0v) is 18.2. The number of nitrogens with zero attached hydrogens (tertiary/aromatic N) is 2. The van der Waals surface area contributed by atoms with Crippen molar-refractivity contribution in [3.8, 4) is 5.75 Å². The Morgan fingerprint density at radius 2 is 1.94 bits per heavy atom. The summed E-state index contributed by atoms with van der Waals surface area (Å²) in [5.74, 6) is -2.89. The molecule has 0 saturated carbocycles. The van der Waals surface area contributed by atoms with E-state index in [4.69, 9.17) is 4.74 Å². The van der Waals surface area contributed by atoms with E-state index < -0.39 is 26.6 Å². The molecule has 1 aliphatic heterocycles. The average Bonchev–Trinajstić information content (AvgIpc) is 3.27. The average molecular weight is 485 g/mol. The van der Waals surface area contributed by atoms with Gasteiger partial charge in [-0.2, -0.15) is 4.37 Å². The van der Waals surface area contributed by atoms with Crippen molar-refractivity contribution in [2.45, 2.75) is 17.2 Å². The zero-order valence-electron chi connectivity index (χ0n) is 16.6. The van der Waals surface area contributed by atoms with Crippen molar-refractivity contribution in [2.75, 3.05) is 24.4 Å². The van der Waals surface area contributed by atoms with Crippen molar-refractivity contribution in [3.05, 3.63) is 65.7 Å². The van der Waals surface area contributed by atoms with Crippen LogP contribution in [-0.2, 0) is 10.0 Å². The fraction of sp³-hybridized carbons (Fsp3) is 0.300. The Bertz CT molecular complexity index is 1180. The predicted molar refractivity (Wildman–Crippen MR) is 113 cm³/mol. The van der Waals surface area contributed by atoms with Gasteiger partial charge in [-0.25, -0.2) is 26.6 Å². The molecule has 2 aromatic carbocycles. The van der Waals surface area contributed by atoms with Gasteiger partial charge in [0.25, 0.3) is 10.0 Å². The summed E-state index contributed by atoms with van der Waals surface area (Å²) in [5, 5.41) is 3.21. The maximum atomic E-state index is 14.6. The Morgan fingerprint density at radius 1 is 1.16 bits per heavy atom. The van der Waals surface area contributed by atoms with Gasteiger partial charge in [0.15, 0.2) is 11.6 Å². The predicted octanol–water partition coefficient (Wildman–Crippen LogP) is 3.53. The van der Waals surface area contributed by atoms with Crippen LogP contribution in [0.25, 0.3) is 0 Å². The molecule has 1 saturated heterocycles. The van der Waals surface area contributed by atoms with E-state index in [1.54, 1.807) is 12.1 Å². The Hall–Kier alpha value is -2.70. The highest BCUT2D eigenvalue weighted by molar-refractivity contribution is 7.93. The second kappa shape index (κ2) is 9.43. The van der Waals surface area contributed by atoms with Crippen LogP contribution in [0.3, 0.4) is 0 Å². The lowest BCUT2D eigenvalue weighted by molar-refractivity contribution is 0.187. The van der Waals surface area contributed by atoms with E-state index in [-0.39, 0.29) is 35.1 Å². The fourth-order valence-corrected chi connectivity index (χ4v) is 5.36. The summed E-state index contributed by atoms with van der Waals surface area (Å²) in [6, 6.07) is 7.46. The van der Waals surface area contributed by atoms with Crippen molar-refractivity contribution < 1.29 is 26.3 Å². The molecule has 0 aliphatic carbocycles. The summed E-state index contributed by atoms with van der Waals surface area (Å²) >= 11 is 0.762. The minimum Gasteiger partial charge on any atom is -0.490 e. The molecular weight excluding hydrogens is 465 g/mol. The van der Waals surface area contributed by atoms with Crippen LogP contribution in [0.5, 0.6) is 5.75 Å². The van der Waals surface area contributed by atoms with Gasteiger partial charge in [-0.3, -0.25) is 4.72 Å². The van der Waals surface area contributed by atoms with Crippen LogP contribution >= 0.6 is 11.5 Å². The molecule has 2 atom stereocenters. The van der Waals surface area contributed by atoms with Gasteiger partial charge in [0.05, 0.1) is 6.61 Å². The number of anilines is 1. The number of aromatic nitrogens is 2. The molecule has 2 heterocycles. The Kier molecular flexibility index (Phi) is 6.63. The second-order valence-corrected chi connectivity index (χ2v) is 9.72. The molecular formula is C20H19F3N4O3S2. The topological polar surface area (TPSA) is 93.2 Å². The van der Waals surface area contributed by atoms with Gasteiger partial charge in [-0.1, -0.05) is 12.1 Å². The number of benzene rings is 2. The van der Waals surface area contributed by atoms with Gasteiger partial charge in [0.1, 0.15) is 22.9 Å². The van der Waals surface area contributed by atoms with E-state index in [2.05, 4.69) is 14.7 Å². The van der Waals surface area contributed by atoms with Crippen molar-refractivity contribution in [1.82, 2.24) is 14.7 Å². The molecule has 32 heavy (non-hydrogen) atoms. The molecule has 0 amide bonds. The van der Waals surface area contributed by atoms with Crippen LogP contribution in [0, 0.1) is 23.4 Å². The third kappa shape index (κ3) is 5.03. The number of nitrogens with one attached hydrogen (secondary N) is 2. The van der Waals surface area contributed by atoms with Crippen molar-refractivity contribution in [2.24, 2.45) is 5.92 Å². The Balaban J connectivity index is 1.49. The normalized spacial score (nSPS) is 19.0. The second-order valence-electron chi connectivity index (χ2n) is 7.29. The Morgan fingerprint density at radius 3 is 2.66 bits per heavy atom. The summed E-state index contributed by atoms with van der Waals surface area (Å²) in [4.78, 5) is 2.81. The summed E-state index contributed by atoms with van der Waals surface area (Å²) < 4.78 is 78.4. The first-order chi connectivity index (χ1) is 15.3. The van der Waals surface area contributed by atoms with Gasteiger partial charge in [-0.05, 0) is 30.7 Å². The SMILES string of the molecule is O=S(=O)(Nc1ncns1)c1cc(F)c(OC[C@H]2CCNC[C@@H]2c2ccc(F)cc2)cc1F. The first kappa shape index (κ1) is 22.5. The quantitative estimate of drug-likeness (QED) is 0.533. The maximum Gasteiger partial charge on any atom is 0.266 e. The lowest BCUT2D eigenvalue weighted by Crippen LogP contribution is -2.37. The summed E-state index contributed by atoms with van der Waals surface area (Å²) in [6.07, 6.45) is 1.86. The largest absolute Gasteiger partial charge is 0.490 e. The van der Waals surface area contributed by atoms with E-state index >= 15 is 0 Å². The number of hydrogen-bond acceptors (Lipinski definition) is 7. The van der Waals surface area contributed by atoms with Crippen molar-refractivity contribution >= 4 is 26.7 Å². The van der Waals surface area contributed by atoms with E-state index in [0.29, 0.717) is 12.6 Å².